The Bertz CT molecular complexity index is 1120. The Labute approximate surface area is 181 Å². The zero-order chi connectivity index (χ0) is 24.3. The normalized spacial score (nSPS) is 21.4. The van der Waals surface area contributed by atoms with E-state index in [-0.39, 0.29) is 11.4 Å². The molecule has 0 spiro atoms. The number of pyridine rings is 1. The first-order valence-electron chi connectivity index (χ1n) is 9.73. The molecule has 2 saturated carbocycles. The fourth-order valence-electron chi connectivity index (χ4n) is 3.73. The van der Waals surface area contributed by atoms with Crippen LogP contribution in [0.4, 0.5) is 36.4 Å². The van der Waals surface area contributed by atoms with Gasteiger partial charge in [-0.1, -0.05) is 0 Å². The predicted octanol–water partition coefficient (Wildman–Crippen LogP) is 3.82. The van der Waals surface area contributed by atoms with Gasteiger partial charge in [-0.3, -0.25) is 19.3 Å². The summed E-state index contributed by atoms with van der Waals surface area (Å²) in [5, 5.41) is 5.90. The number of alkyl halides is 7. The lowest BCUT2D eigenvalue weighted by Crippen LogP contribution is -2.60. The molecular formula is C19H16F7N5O2. The Morgan fingerprint density at radius 3 is 2.39 bits per heavy atom. The van der Waals surface area contributed by atoms with Crippen molar-refractivity contribution in [1.82, 2.24) is 14.8 Å². The average molecular weight is 479 g/mol. The van der Waals surface area contributed by atoms with Crippen molar-refractivity contribution in [2.24, 2.45) is 11.7 Å². The highest BCUT2D eigenvalue weighted by atomic mass is 19.4. The van der Waals surface area contributed by atoms with Crippen LogP contribution < -0.4 is 11.1 Å². The molecular weight excluding hydrogens is 463 g/mol. The van der Waals surface area contributed by atoms with E-state index in [9.17, 15) is 40.3 Å². The second kappa shape index (κ2) is 7.42. The van der Waals surface area contributed by atoms with E-state index in [4.69, 9.17) is 5.73 Å². The summed E-state index contributed by atoms with van der Waals surface area (Å²) < 4.78 is 96.3. The molecule has 0 aliphatic heterocycles. The number of nitrogens with one attached hydrogen (secondary N) is 1. The van der Waals surface area contributed by atoms with Crippen molar-refractivity contribution in [2.45, 2.75) is 49.7 Å². The van der Waals surface area contributed by atoms with Gasteiger partial charge in [0.1, 0.15) is 17.0 Å². The first-order chi connectivity index (χ1) is 15.2. The van der Waals surface area contributed by atoms with Crippen LogP contribution in [0.15, 0.2) is 18.3 Å². The molecule has 2 aromatic heterocycles. The standard InChI is InChI=1S/C19H16F7N5O2/c20-17(21)6-9(18(17,22)23)7-31-14(12(19(24,25)26)13(30-31)8-1-2-8)16(33)29-10-3-4-28-11(5-10)15(27)32/h3-5,8-9H,1-2,6-7H2,(H2,27,32)(H,28,29,33)/t9-/m0/s1. The van der Waals surface area contributed by atoms with Gasteiger partial charge in [0.2, 0.25) is 0 Å². The van der Waals surface area contributed by atoms with Gasteiger partial charge in [-0.2, -0.15) is 35.8 Å². The molecule has 1 atom stereocenters. The lowest BCUT2D eigenvalue weighted by molar-refractivity contribution is -0.316. The Morgan fingerprint density at radius 2 is 1.88 bits per heavy atom. The summed E-state index contributed by atoms with van der Waals surface area (Å²) in [7, 11) is 0. The van der Waals surface area contributed by atoms with Crippen LogP contribution >= 0.6 is 0 Å². The molecule has 2 aliphatic carbocycles. The van der Waals surface area contributed by atoms with E-state index in [1.54, 1.807) is 0 Å². The van der Waals surface area contributed by atoms with Crippen LogP contribution in [0.2, 0.25) is 0 Å². The second-order valence-electron chi connectivity index (χ2n) is 8.04. The molecule has 2 fully saturated rings. The van der Waals surface area contributed by atoms with Gasteiger partial charge in [-0.25, -0.2) is 0 Å². The number of rotatable bonds is 6. The van der Waals surface area contributed by atoms with Crippen molar-refractivity contribution in [3.63, 3.8) is 0 Å². The molecule has 4 rings (SSSR count). The Hall–Kier alpha value is -3.19. The van der Waals surface area contributed by atoms with Gasteiger partial charge in [0.15, 0.2) is 0 Å². The molecule has 0 aromatic carbocycles. The van der Waals surface area contributed by atoms with Crippen LogP contribution in [0.3, 0.4) is 0 Å². The summed E-state index contributed by atoms with van der Waals surface area (Å²) in [5.41, 5.74) is 1.69. The van der Waals surface area contributed by atoms with Crippen LogP contribution in [0, 0.1) is 5.92 Å². The molecule has 2 amide bonds. The number of halogens is 7. The SMILES string of the molecule is NC(=O)c1cc(NC(=O)c2c(C(F)(F)F)c(C3CC3)nn2C[C@@H]2CC(F)(F)C2(F)F)ccn1. The maximum Gasteiger partial charge on any atom is 0.420 e. The zero-order valence-electron chi connectivity index (χ0n) is 16.6. The van der Waals surface area contributed by atoms with Crippen molar-refractivity contribution in [3.8, 4) is 0 Å². The summed E-state index contributed by atoms with van der Waals surface area (Å²) in [5.74, 6) is -13.7. The van der Waals surface area contributed by atoms with Gasteiger partial charge in [-0.05, 0) is 25.0 Å². The third-order valence-electron chi connectivity index (χ3n) is 5.61. The number of nitrogens with two attached hydrogens (primary N) is 1. The number of carbonyl (C=O) groups excluding carboxylic acids is 2. The molecule has 2 aliphatic rings. The highest BCUT2D eigenvalue weighted by Crippen LogP contribution is 2.56. The highest BCUT2D eigenvalue weighted by Gasteiger charge is 2.71. The van der Waals surface area contributed by atoms with Crippen molar-refractivity contribution < 1.29 is 40.3 Å². The van der Waals surface area contributed by atoms with Crippen molar-refractivity contribution in [3.05, 3.63) is 41.0 Å². The highest BCUT2D eigenvalue weighted by molar-refractivity contribution is 6.05. The number of hydrogen-bond donors (Lipinski definition) is 2. The van der Waals surface area contributed by atoms with E-state index in [2.05, 4.69) is 15.4 Å². The maximum atomic E-state index is 13.9. The van der Waals surface area contributed by atoms with Gasteiger partial charge in [0.25, 0.3) is 11.8 Å². The molecule has 3 N–H and O–H groups in total. The minimum absolute atomic E-state index is 0.141. The topological polar surface area (TPSA) is 103 Å². The molecule has 0 bridgehead atoms. The van der Waals surface area contributed by atoms with Crippen LogP contribution in [0.25, 0.3) is 0 Å². The lowest BCUT2D eigenvalue weighted by Gasteiger charge is -2.43. The van der Waals surface area contributed by atoms with Crippen LogP contribution in [-0.2, 0) is 12.7 Å². The number of anilines is 1. The van der Waals surface area contributed by atoms with E-state index in [0.29, 0.717) is 17.5 Å². The Kier molecular flexibility index (Phi) is 5.17. The molecule has 14 heteroatoms. The lowest BCUT2D eigenvalue weighted by atomic mass is 9.76. The van der Waals surface area contributed by atoms with Crippen LogP contribution in [0.5, 0.6) is 0 Å². The number of primary amides is 1. The fraction of sp³-hybridized carbons (Fsp3) is 0.474. The van der Waals surface area contributed by atoms with E-state index >= 15 is 0 Å². The minimum Gasteiger partial charge on any atom is -0.364 e. The molecule has 33 heavy (non-hydrogen) atoms. The second-order valence-corrected chi connectivity index (χ2v) is 8.04. The third kappa shape index (κ3) is 4.02. The first-order valence-corrected chi connectivity index (χ1v) is 9.73. The quantitative estimate of drug-likeness (QED) is 0.615. The zero-order valence-corrected chi connectivity index (χ0v) is 16.6. The Balaban J connectivity index is 1.74. The molecule has 7 nitrogen and oxygen atoms in total. The van der Waals surface area contributed by atoms with Gasteiger partial charge >= 0.3 is 18.0 Å². The molecule has 0 unspecified atom stereocenters. The summed E-state index contributed by atoms with van der Waals surface area (Å²) in [6.07, 6.45) is -4.54. The summed E-state index contributed by atoms with van der Waals surface area (Å²) in [6.45, 7) is -1.01. The molecule has 178 valence electrons. The molecule has 0 saturated heterocycles. The number of amides is 2. The third-order valence-corrected chi connectivity index (χ3v) is 5.61. The van der Waals surface area contributed by atoms with Crippen LogP contribution in [0.1, 0.15) is 57.4 Å². The van der Waals surface area contributed by atoms with E-state index in [0.717, 1.165) is 12.3 Å². The molecule has 0 radical (unpaired) electrons. The average Bonchev–Trinajstić information content (AvgIpc) is 3.47. The van der Waals surface area contributed by atoms with Crippen molar-refractivity contribution in [1.29, 1.82) is 0 Å². The minimum atomic E-state index is -5.06. The number of hydrogen-bond acceptors (Lipinski definition) is 4. The number of nitrogens with zero attached hydrogens (tertiary/aromatic N) is 3. The summed E-state index contributed by atoms with van der Waals surface area (Å²) >= 11 is 0. The van der Waals surface area contributed by atoms with Gasteiger partial charge in [0.05, 0.1) is 18.2 Å². The Morgan fingerprint density at radius 1 is 1.21 bits per heavy atom. The predicted molar refractivity (Wildman–Crippen MR) is 97.9 cm³/mol. The number of carbonyl (C=O) groups is 2. The maximum absolute atomic E-state index is 13.9. The molecule has 2 aromatic rings. The van der Waals surface area contributed by atoms with Crippen molar-refractivity contribution >= 4 is 17.5 Å². The van der Waals surface area contributed by atoms with Crippen LogP contribution in [-0.4, -0.2) is 38.4 Å². The summed E-state index contributed by atoms with van der Waals surface area (Å²) in [4.78, 5) is 27.8. The smallest absolute Gasteiger partial charge is 0.364 e. The van der Waals surface area contributed by atoms with E-state index < -0.39 is 71.6 Å². The molecule has 2 heterocycles. The van der Waals surface area contributed by atoms with E-state index in [1.807, 2.05) is 0 Å². The number of aromatic nitrogens is 3. The van der Waals surface area contributed by atoms with Gasteiger partial charge in [-0.15, -0.1) is 0 Å². The fourth-order valence-corrected chi connectivity index (χ4v) is 3.73. The van der Waals surface area contributed by atoms with Gasteiger partial charge in [0, 0.05) is 24.2 Å². The van der Waals surface area contributed by atoms with Crippen molar-refractivity contribution in [2.75, 3.05) is 5.32 Å². The summed E-state index contributed by atoms with van der Waals surface area (Å²) in [6, 6.07) is 2.18. The largest absolute Gasteiger partial charge is 0.420 e. The van der Waals surface area contributed by atoms with E-state index in [1.165, 1.54) is 6.07 Å². The van der Waals surface area contributed by atoms with Gasteiger partial charge < -0.3 is 11.1 Å². The monoisotopic (exact) mass is 479 g/mol. The first kappa shape index (κ1) is 23.0.